The van der Waals surface area contributed by atoms with Crippen molar-refractivity contribution in [2.75, 3.05) is 7.11 Å². The van der Waals surface area contributed by atoms with Crippen molar-refractivity contribution in [2.24, 2.45) is 10.6 Å². The fourth-order valence-corrected chi connectivity index (χ4v) is 4.29. The van der Waals surface area contributed by atoms with Crippen molar-refractivity contribution in [3.8, 4) is 5.75 Å². The highest BCUT2D eigenvalue weighted by Gasteiger charge is 2.45. The van der Waals surface area contributed by atoms with Crippen LogP contribution in [0.25, 0.3) is 5.57 Å². The van der Waals surface area contributed by atoms with E-state index in [0.29, 0.717) is 5.75 Å². The summed E-state index contributed by atoms with van der Waals surface area (Å²) in [5, 5.41) is 14.1. The van der Waals surface area contributed by atoms with Crippen LogP contribution >= 0.6 is 0 Å². The van der Waals surface area contributed by atoms with Crippen LogP contribution in [-0.4, -0.2) is 17.9 Å². The normalized spacial score (nSPS) is 25.3. The maximum Gasteiger partial charge on any atom is 0.115 e. The Morgan fingerprint density at radius 1 is 1.36 bits per heavy atom. The van der Waals surface area contributed by atoms with Crippen LogP contribution in [0.4, 0.5) is 0 Å². The number of phenols is 1. The molecule has 22 heavy (non-hydrogen) atoms. The molecule has 3 rings (SSSR count). The fraction of sp³-hybridized carbons (Fsp3) is 0.526. The molecule has 0 saturated carbocycles. The lowest BCUT2D eigenvalue weighted by molar-refractivity contribution is 0.211. The van der Waals surface area contributed by atoms with Crippen molar-refractivity contribution >= 4 is 11.3 Å². The summed E-state index contributed by atoms with van der Waals surface area (Å²) in [7, 11) is 1.62. The van der Waals surface area contributed by atoms with Crippen LogP contribution in [0.2, 0.25) is 0 Å². The second-order valence-corrected chi connectivity index (χ2v) is 6.62. The standard InChI is InChI=1S/C19H25NO2/c1-4-5-9-19-10-8-17(20-22-3)13(2)18(19)16-7-6-15(21)11-14(16)12-19/h6-7,11,21H,4-5,8-10,12H2,1-3H3/b20-17+. The van der Waals surface area contributed by atoms with E-state index in [0.717, 1.165) is 25.0 Å². The third-order valence-corrected chi connectivity index (χ3v) is 5.28. The number of unbranched alkanes of at least 4 members (excludes halogenated alkanes) is 1. The topological polar surface area (TPSA) is 41.8 Å². The van der Waals surface area contributed by atoms with Gasteiger partial charge in [0.2, 0.25) is 0 Å². The maximum atomic E-state index is 9.83. The summed E-state index contributed by atoms with van der Waals surface area (Å²) in [6, 6.07) is 5.82. The Hall–Kier alpha value is -1.77. The van der Waals surface area contributed by atoms with Gasteiger partial charge in [0.05, 0.1) is 5.71 Å². The minimum Gasteiger partial charge on any atom is -0.508 e. The van der Waals surface area contributed by atoms with E-state index in [1.54, 1.807) is 13.2 Å². The summed E-state index contributed by atoms with van der Waals surface area (Å²) in [5.41, 5.74) is 6.60. The van der Waals surface area contributed by atoms with Crippen LogP contribution in [0.5, 0.6) is 5.75 Å². The maximum absolute atomic E-state index is 9.83. The summed E-state index contributed by atoms with van der Waals surface area (Å²) in [6.07, 6.45) is 6.82. The molecule has 118 valence electrons. The van der Waals surface area contributed by atoms with E-state index < -0.39 is 0 Å². The highest BCUT2D eigenvalue weighted by atomic mass is 16.6. The first kappa shape index (κ1) is 15.1. The van der Waals surface area contributed by atoms with Gasteiger partial charge in [-0.2, -0.15) is 0 Å². The molecule has 2 aliphatic carbocycles. The first-order chi connectivity index (χ1) is 10.6. The zero-order valence-electron chi connectivity index (χ0n) is 13.8. The van der Waals surface area contributed by atoms with Crippen LogP contribution < -0.4 is 0 Å². The van der Waals surface area contributed by atoms with Crippen LogP contribution in [0.3, 0.4) is 0 Å². The Labute approximate surface area is 132 Å². The van der Waals surface area contributed by atoms with E-state index in [1.807, 2.05) is 6.07 Å². The van der Waals surface area contributed by atoms with E-state index >= 15 is 0 Å². The first-order valence-corrected chi connectivity index (χ1v) is 8.25. The minimum atomic E-state index is 0.225. The highest BCUT2D eigenvalue weighted by Crippen LogP contribution is 2.56. The second-order valence-electron chi connectivity index (χ2n) is 6.62. The second kappa shape index (κ2) is 5.79. The number of aromatic hydroxyl groups is 1. The zero-order chi connectivity index (χ0) is 15.7. The van der Waals surface area contributed by atoms with Gasteiger partial charge in [0, 0.05) is 5.41 Å². The number of oxime groups is 1. The van der Waals surface area contributed by atoms with E-state index in [-0.39, 0.29) is 5.41 Å². The van der Waals surface area contributed by atoms with Crippen LogP contribution in [0.1, 0.15) is 57.1 Å². The van der Waals surface area contributed by atoms with Gasteiger partial charge < -0.3 is 9.94 Å². The third kappa shape index (κ3) is 2.33. The fourth-order valence-electron chi connectivity index (χ4n) is 4.29. The Morgan fingerprint density at radius 2 is 2.18 bits per heavy atom. The monoisotopic (exact) mass is 299 g/mol. The largest absolute Gasteiger partial charge is 0.508 e. The number of fused-ring (bicyclic) bond motifs is 3. The van der Waals surface area contributed by atoms with Gasteiger partial charge in [0.1, 0.15) is 12.9 Å². The summed E-state index contributed by atoms with van der Waals surface area (Å²) in [4.78, 5) is 5.04. The lowest BCUT2D eigenvalue weighted by Gasteiger charge is -2.37. The molecule has 0 heterocycles. The average molecular weight is 299 g/mol. The molecule has 1 unspecified atom stereocenters. The molecule has 2 aliphatic rings. The number of rotatable bonds is 4. The molecule has 0 fully saturated rings. The predicted octanol–water partition coefficient (Wildman–Crippen LogP) is 4.69. The van der Waals surface area contributed by atoms with Crippen LogP contribution in [0.15, 0.2) is 28.9 Å². The summed E-state index contributed by atoms with van der Waals surface area (Å²) < 4.78 is 0. The van der Waals surface area contributed by atoms with Gasteiger partial charge in [0.25, 0.3) is 0 Å². The average Bonchev–Trinajstić information content (AvgIpc) is 2.82. The molecule has 0 bridgehead atoms. The van der Waals surface area contributed by atoms with Crippen molar-refractivity contribution in [2.45, 2.75) is 52.4 Å². The SMILES string of the molecule is CCCCC12CC/C(=N\OC)C(C)=C1c1ccc(O)cc1C2. The Balaban J connectivity index is 2.14. The quantitative estimate of drug-likeness (QED) is 0.819. The number of hydrogen-bond acceptors (Lipinski definition) is 3. The molecule has 0 spiro atoms. The predicted molar refractivity (Wildman–Crippen MR) is 90.0 cm³/mol. The van der Waals surface area contributed by atoms with E-state index in [4.69, 9.17) is 4.84 Å². The van der Waals surface area contributed by atoms with Gasteiger partial charge in [-0.05, 0) is 67.0 Å². The Bertz CT molecular complexity index is 645. The molecule has 1 N–H and O–H groups in total. The van der Waals surface area contributed by atoms with Crippen molar-refractivity contribution in [1.29, 1.82) is 0 Å². The Kier molecular flexibility index (Phi) is 3.98. The summed E-state index contributed by atoms with van der Waals surface area (Å²) in [6.45, 7) is 4.43. The van der Waals surface area contributed by atoms with Crippen LogP contribution in [0, 0.1) is 5.41 Å². The molecule has 3 heteroatoms. The van der Waals surface area contributed by atoms with Gasteiger partial charge in [0.15, 0.2) is 0 Å². The third-order valence-electron chi connectivity index (χ3n) is 5.28. The molecule has 0 radical (unpaired) electrons. The minimum absolute atomic E-state index is 0.225. The molecule has 1 aromatic carbocycles. The van der Waals surface area contributed by atoms with E-state index in [2.05, 4.69) is 25.1 Å². The van der Waals surface area contributed by atoms with Crippen molar-refractivity contribution < 1.29 is 9.94 Å². The lowest BCUT2D eigenvalue weighted by atomic mass is 9.67. The molecule has 0 aliphatic heterocycles. The van der Waals surface area contributed by atoms with Gasteiger partial charge in [-0.25, -0.2) is 0 Å². The van der Waals surface area contributed by atoms with E-state index in [1.165, 1.54) is 41.5 Å². The lowest BCUT2D eigenvalue weighted by Crippen LogP contribution is -2.28. The number of benzene rings is 1. The van der Waals surface area contributed by atoms with Crippen molar-refractivity contribution in [1.82, 2.24) is 0 Å². The number of hydrogen-bond donors (Lipinski definition) is 1. The van der Waals surface area contributed by atoms with Gasteiger partial charge in [-0.1, -0.05) is 31.0 Å². The summed E-state index contributed by atoms with van der Waals surface area (Å²) >= 11 is 0. The summed E-state index contributed by atoms with van der Waals surface area (Å²) in [5.74, 6) is 0.368. The van der Waals surface area contributed by atoms with Gasteiger partial charge in [-0.15, -0.1) is 0 Å². The number of nitrogens with zero attached hydrogens (tertiary/aromatic N) is 1. The van der Waals surface area contributed by atoms with Crippen LogP contribution in [-0.2, 0) is 11.3 Å². The van der Waals surface area contributed by atoms with Gasteiger partial charge >= 0.3 is 0 Å². The number of phenolic OH excluding ortho intramolecular Hbond substituents is 1. The van der Waals surface area contributed by atoms with Crippen molar-refractivity contribution in [3.63, 3.8) is 0 Å². The first-order valence-electron chi connectivity index (χ1n) is 8.25. The molecule has 1 atom stereocenters. The molecule has 0 amide bonds. The molecule has 0 saturated heterocycles. The molecular weight excluding hydrogens is 274 g/mol. The van der Waals surface area contributed by atoms with Crippen molar-refractivity contribution in [3.05, 3.63) is 34.9 Å². The zero-order valence-corrected chi connectivity index (χ0v) is 13.8. The van der Waals surface area contributed by atoms with E-state index in [9.17, 15) is 5.11 Å². The smallest absolute Gasteiger partial charge is 0.115 e. The molecule has 1 aromatic rings. The highest BCUT2D eigenvalue weighted by molar-refractivity contribution is 6.09. The molecule has 0 aromatic heterocycles. The Morgan fingerprint density at radius 3 is 2.91 bits per heavy atom. The molecular formula is C19H25NO2. The molecule has 3 nitrogen and oxygen atoms in total. The van der Waals surface area contributed by atoms with Gasteiger partial charge in [-0.3, -0.25) is 0 Å². The number of allylic oxidation sites excluding steroid dienone is 2.